The molecule has 0 aromatic heterocycles. The molecule has 0 saturated heterocycles. The van der Waals surface area contributed by atoms with Gasteiger partial charge in [-0.3, -0.25) is 10.1 Å². The largest absolute Gasteiger partial charge is 0.478 e. The number of ether oxygens (including phenoxy) is 1. The average molecular weight is 424 g/mol. The summed E-state index contributed by atoms with van der Waals surface area (Å²) < 4.78 is 45.6. The number of hydrogen-bond donors (Lipinski definition) is 3. The first kappa shape index (κ1) is 22.7. The molecule has 7 nitrogen and oxygen atoms in total. The van der Waals surface area contributed by atoms with Crippen molar-refractivity contribution in [2.45, 2.75) is 32.9 Å². The van der Waals surface area contributed by atoms with Crippen LogP contribution in [0.2, 0.25) is 0 Å². The first-order valence-electron chi connectivity index (χ1n) is 8.66. The van der Waals surface area contributed by atoms with Gasteiger partial charge in [0.25, 0.3) is 5.91 Å². The van der Waals surface area contributed by atoms with Crippen LogP contribution in [-0.2, 0) is 11.3 Å². The van der Waals surface area contributed by atoms with Gasteiger partial charge in [0.15, 0.2) is 11.6 Å². The fraction of sp³-hybridized carbons (Fsp3) is 0.250. The Morgan fingerprint density at radius 1 is 0.967 bits per heavy atom. The summed E-state index contributed by atoms with van der Waals surface area (Å²) in [7, 11) is 0. The van der Waals surface area contributed by atoms with E-state index >= 15 is 0 Å². The van der Waals surface area contributed by atoms with Gasteiger partial charge in [0, 0.05) is 6.54 Å². The molecule has 2 aromatic rings. The molecule has 0 heterocycles. The van der Waals surface area contributed by atoms with Gasteiger partial charge in [-0.15, -0.1) is 0 Å². The molecule has 160 valence electrons. The van der Waals surface area contributed by atoms with Crippen LogP contribution in [0, 0.1) is 17.5 Å². The minimum absolute atomic E-state index is 0.212. The number of amides is 2. The van der Waals surface area contributed by atoms with Crippen LogP contribution < -0.4 is 10.6 Å². The Bertz CT molecular complexity index is 1000. The van der Waals surface area contributed by atoms with Crippen LogP contribution in [-0.4, -0.2) is 28.7 Å². The quantitative estimate of drug-likeness (QED) is 0.671. The fourth-order valence-electron chi connectivity index (χ4n) is 2.37. The second kappa shape index (κ2) is 8.85. The van der Waals surface area contributed by atoms with Gasteiger partial charge < -0.3 is 15.2 Å². The van der Waals surface area contributed by atoms with Gasteiger partial charge in [0.1, 0.15) is 11.4 Å². The van der Waals surface area contributed by atoms with E-state index in [0.29, 0.717) is 6.07 Å². The Kier molecular flexibility index (Phi) is 6.70. The van der Waals surface area contributed by atoms with E-state index in [1.54, 1.807) is 20.8 Å². The molecule has 0 spiro atoms. The maximum Gasteiger partial charge on any atom is 0.412 e. The number of benzene rings is 2. The average Bonchev–Trinajstić information content (AvgIpc) is 2.60. The third kappa shape index (κ3) is 5.97. The van der Waals surface area contributed by atoms with Crippen molar-refractivity contribution in [3.63, 3.8) is 0 Å². The molecule has 0 bridgehead atoms. The normalized spacial score (nSPS) is 11.0. The van der Waals surface area contributed by atoms with Gasteiger partial charge >= 0.3 is 12.1 Å². The number of anilines is 1. The number of carboxylic acids is 1. The Labute approximate surface area is 169 Å². The van der Waals surface area contributed by atoms with Gasteiger partial charge in [-0.05, 0) is 50.6 Å². The molecule has 0 saturated carbocycles. The van der Waals surface area contributed by atoms with Crippen molar-refractivity contribution in [1.82, 2.24) is 5.32 Å². The van der Waals surface area contributed by atoms with Crippen molar-refractivity contribution in [1.29, 1.82) is 0 Å². The Balaban J connectivity index is 2.22. The summed E-state index contributed by atoms with van der Waals surface area (Å²) in [6.45, 7) is 4.51. The summed E-state index contributed by atoms with van der Waals surface area (Å²) in [6, 6.07) is 4.40. The second-order valence-corrected chi connectivity index (χ2v) is 7.24. The van der Waals surface area contributed by atoms with E-state index in [1.807, 2.05) is 0 Å². The number of carbonyl (C=O) groups is 3. The molecular formula is C20H19F3N2O5. The van der Waals surface area contributed by atoms with Gasteiger partial charge in [-0.25, -0.2) is 22.8 Å². The standard InChI is InChI=1S/C20H19F3N2O5/c1-20(2,3)30-19(29)25-16-8-14(22)11(7-12(16)18(27)28)17(26)24-9-10-4-5-13(21)15(23)6-10/h4-8H,9H2,1-3H3,(H,24,26)(H,25,29)(H,27,28). The van der Waals surface area contributed by atoms with Gasteiger partial charge in [-0.2, -0.15) is 0 Å². The lowest BCUT2D eigenvalue weighted by Gasteiger charge is -2.20. The molecule has 0 radical (unpaired) electrons. The minimum atomic E-state index is -1.52. The van der Waals surface area contributed by atoms with Gasteiger partial charge in [0.2, 0.25) is 0 Å². The van der Waals surface area contributed by atoms with Crippen LogP contribution in [0.3, 0.4) is 0 Å². The number of nitrogens with one attached hydrogen (secondary N) is 2. The lowest BCUT2D eigenvalue weighted by atomic mass is 10.1. The lowest BCUT2D eigenvalue weighted by molar-refractivity contribution is 0.0635. The molecule has 2 amide bonds. The van der Waals surface area contributed by atoms with E-state index < -0.39 is 57.8 Å². The Morgan fingerprint density at radius 3 is 2.20 bits per heavy atom. The van der Waals surface area contributed by atoms with Crippen molar-refractivity contribution >= 4 is 23.7 Å². The maximum absolute atomic E-state index is 14.4. The van der Waals surface area contributed by atoms with Crippen LogP contribution >= 0.6 is 0 Å². The molecular weight excluding hydrogens is 405 g/mol. The SMILES string of the molecule is CC(C)(C)OC(=O)Nc1cc(F)c(C(=O)NCc2ccc(F)c(F)c2)cc1C(=O)O. The highest BCUT2D eigenvalue weighted by molar-refractivity contribution is 6.03. The highest BCUT2D eigenvalue weighted by Crippen LogP contribution is 2.22. The predicted octanol–water partition coefficient (Wildman–Crippen LogP) is 4.08. The molecule has 3 N–H and O–H groups in total. The molecule has 2 aromatic carbocycles. The molecule has 10 heteroatoms. The maximum atomic E-state index is 14.4. The minimum Gasteiger partial charge on any atom is -0.478 e. The predicted molar refractivity (Wildman–Crippen MR) is 101 cm³/mol. The topological polar surface area (TPSA) is 105 Å². The fourth-order valence-corrected chi connectivity index (χ4v) is 2.37. The molecule has 0 aliphatic rings. The summed E-state index contributed by atoms with van der Waals surface area (Å²) in [5.41, 5.74) is -2.20. The lowest BCUT2D eigenvalue weighted by Crippen LogP contribution is -2.28. The van der Waals surface area contributed by atoms with E-state index in [9.17, 15) is 32.7 Å². The van der Waals surface area contributed by atoms with Crippen molar-refractivity contribution in [2.75, 3.05) is 5.32 Å². The third-order valence-corrected chi connectivity index (χ3v) is 3.65. The summed E-state index contributed by atoms with van der Waals surface area (Å²) in [4.78, 5) is 35.6. The molecule has 0 atom stereocenters. The molecule has 30 heavy (non-hydrogen) atoms. The van der Waals surface area contributed by atoms with Gasteiger partial charge in [0.05, 0.1) is 16.8 Å². The smallest absolute Gasteiger partial charge is 0.412 e. The molecule has 0 aliphatic heterocycles. The molecule has 0 unspecified atom stereocenters. The Hall–Kier alpha value is -3.56. The van der Waals surface area contributed by atoms with E-state index in [1.165, 1.54) is 6.07 Å². The summed E-state index contributed by atoms with van der Waals surface area (Å²) in [5.74, 6) is -5.78. The molecule has 0 fully saturated rings. The zero-order valence-corrected chi connectivity index (χ0v) is 16.3. The number of halogens is 3. The number of carbonyl (C=O) groups excluding carboxylic acids is 2. The summed E-state index contributed by atoms with van der Waals surface area (Å²) >= 11 is 0. The third-order valence-electron chi connectivity index (χ3n) is 3.65. The van der Waals surface area contributed by atoms with Gasteiger partial charge in [-0.1, -0.05) is 6.07 Å². The van der Waals surface area contributed by atoms with Crippen LogP contribution in [0.5, 0.6) is 0 Å². The monoisotopic (exact) mass is 424 g/mol. The first-order chi connectivity index (χ1) is 13.9. The van der Waals surface area contributed by atoms with E-state index in [0.717, 1.165) is 18.2 Å². The first-order valence-corrected chi connectivity index (χ1v) is 8.66. The number of carboxylic acid groups (broad SMARTS) is 1. The zero-order valence-electron chi connectivity index (χ0n) is 16.3. The van der Waals surface area contributed by atoms with Crippen molar-refractivity contribution in [2.24, 2.45) is 0 Å². The van der Waals surface area contributed by atoms with Crippen LogP contribution in [0.4, 0.5) is 23.7 Å². The van der Waals surface area contributed by atoms with Crippen molar-refractivity contribution in [3.05, 3.63) is 64.5 Å². The van der Waals surface area contributed by atoms with Crippen LogP contribution in [0.25, 0.3) is 0 Å². The van der Waals surface area contributed by atoms with E-state index in [-0.39, 0.29) is 12.1 Å². The van der Waals surface area contributed by atoms with Crippen LogP contribution in [0.1, 0.15) is 47.1 Å². The highest BCUT2D eigenvalue weighted by Gasteiger charge is 2.23. The molecule has 0 aliphatic carbocycles. The Morgan fingerprint density at radius 2 is 1.63 bits per heavy atom. The van der Waals surface area contributed by atoms with Crippen molar-refractivity contribution < 1.29 is 37.4 Å². The van der Waals surface area contributed by atoms with Crippen LogP contribution in [0.15, 0.2) is 30.3 Å². The number of hydrogen-bond acceptors (Lipinski definition) is 4. The second-order valence-electron chi connectivity index (χ2n) is 7.24. The van der Waals surface area contributed by atoms with E-state index in [4.69, 9.17) is 4.74 Å². The summed E-state index contributed by atoms with van der Waals surface area (Å²) in [5, 5.41) is 13.8. The zero-order chi connectivity index (χ0) is 22.6. The molecule has 2 rings (SSSR count). The number of rotatable bonds is 5. The van der Waals surface area contributed by atoms with Crippen molar-refractivity contribution in [3.8, 4) is 0 Å². The highest BCUT2D eigenvalue weighted by atomic mass is 19.2. The summed E-state index contributed by atoms with van der Waals surface area (Å²) in [6.07, 6.45) is -1.00. The number of aromatic carboxylic acids is 1. The van der Waals surface area contributed by atoms with E-state index in [2.05, 4.69) is 10.6 Å².